The van der Waals surface area contributed by atoms with Gasteiger partial charge in [0.2, 0.25) is 0 Å². The third-order valence-corrected chi connectivity index (χ3v) is 4.20. The topological polar surface area (TPSA) is 28.2 Å². The first-order valence-corrected chi connectivity index (χ1v) is 7.22. The highest BCUT2D eigenvalue weighted by atomic mass is 15.2. The number of nitrogens with one attached hydrogen (secondary N) is 1. The molecule has 1 aromatic rings. The molecule has 1 aliphatic heterocycles. The van der Waals surface area contributed by atoms with Crippen LogP contribution in [0.5, 0.6) is 0 Å². The molecule has 1 saturated heterocycles. The predicted octanol–water partition coefficient (Wildman–Crippen LogP) is 2.36. The molecule has 2 heterocycles. The van der Waals surface area contributed by atoms with Crippen LogP contribution < -0.4 is 10.2 Å². The minimum atomic E-state index is 0.793. The molecule has 1 aliphatic carbocycles. The van der Waals surface area contributed by atoms with Gasteiger partial charge < -0.3 is 10.2 Å². The molecule has 1 N–H and O–H groups in total. The van der Waals surface area contributed by atoms with Crippen LogP contribution in [0.4, 0.5) is 5.69 Å². The van der Waals surface area contributed by atoms with Crippen LogP contribution in [0.15, 0.2) is 18.5 Å². The van der Waals surface area contributed by atoms with Crippen LogP contribution in [0.25, 0.3) is 0 Å². The van der Waals surface area contributed by atoms with E-state index in [4.69, 9.17) is 0 Å². The van der Waals surface area contributed by atoms with Crippen LogP contribution in [-0.4, -0.2) is 30.7 Å². The summed E-state index contributed by atoms with van der Waals surface area (Å²) >= 11 is 0. The lowest BCUT2D eigenvalue weighted by Crippen LogP contribution is -2.37. The minimum absolute atomic E-state index is 0.793. The molecule has 2 fully saturated rings. The van der Waals surface area contributed by atoms with E-state index in [1.54, 1.807) is 0 Å². The van der Waals surface area contributed by atoms with Gasteiger partial charge >= 0.3 is 0 Å². The van der Waals surface area contributed by atoms with Crippen molar-refractivity contribution in [2.45, 2.75) is 38.6 Å². The fourth-order valence-corrected chi connectivity index (χ4v) is 2.96. The zero-order valence-corrected chi connectivity index (χ0v) is 11.2. The molecule has 0 atom stereocenters. The second-order valence-corrected chi connectivity index (χ2v) is 5.74. The molecule has 1 aromatic heterocycles. The number of hydrogen-bond acceptors (Lipinski definition) is 3. The van der Waals surface area contributed by atoms with Crippen molar-refractivity contribution in [3.8, 4) is 0 Å². The van der Waals surface area contributed by atoms with Crippen LogP contribution in [0.2, 0.25) is 0 Å². The van der Waals surface area contributed by atoms with E-state index in [0.717, 1.165) is 12.0 Å². The molecule has 0 unspecified atom stereocenters. The zero-order valence-electron chi connectivity index (χ0n) is 11.2. The smallest absolute Gasteiger partial charge is 0.0429 e. The summed E-state index contributed by atoms with van der Waals surface area (Å²) in [5.41, 5.74) is 2.73. The fraction of sp³-hybridized carbons (Fsp3) is 0.667. The van der Waals surface area contributed by atoms with E-state index in [9.17, 15) is 0 Å². The fourth-order valence-electron chi connectivity index (χ4n) is 2.96. The molecule has 3 rings (SSSR count). The first-order valence-electron chi connectivity index (χ1n) is 7.22. The molecule has 98 valence electrons. The average Bonchev–Trinajstić information content (AvgIpc) is 3.23. The first-order chi connectivity index (χ1) is 8.84. The standard InChI is InChI=1S/C15H23N3/c1-12-10-17-9-6-15(12)18(14-2-3-14)11-13-4-7-16-8-5-13/h6,9-10,13-14,16H,2-5,7-8,11H2,1H3. The summed E-state index contributed by atoms with van der Waals surface area (Å²) in [5, 5.41) is 3.46. The summed E-state index contributed by atoms with van der Waals surface area (Å²) in [6, 6.07) is 2.98. The van der Waals surface area contributed by atoms with Gasteiger partial charge in [0, 0.05) is 30.7 Å². The maximum Gasteiger partial charge on any atom is 0.0429 e. The van der Waals surface area contributed by atoms with Crippen molar-refractivity contribution in [3.63, 3.8) is 0 Å². The van der Waals surface area contributed by atoms with Crippen molar-refractivity contribution in [2.24, 2.45) is 5.92 Å². The third-order valence-electron chi connectivity index (χ3n) is 4.20. The number of hydrogen-bond donors (Lipinski definition) is 1. The summed E-state index contributed by atoms with van der Waals surface area (Å²) < 4.78 is 0. The summed E-state index contributed by atoms with van der Waals surface area (Å²) in [5.74, 6) is 0.861. The van der Waals surface area contributed by atoms with Crippen molar-refractivity contribution >= 4 is 5.69 Å². The second-order valence-electron chi connectivity index (χ2n) is 5.74. The number of pyridine rings is 1. The lowest BCUT2D eigenvalue weighted by molar-refractivity contribution is 0.372. The summed E-state index contributed by atoms with van der Waals surface area (Å²) in [6.07, 6.45) is 9.31. The highest BCUT2D eigenvalue weighted by Gasteiger charge is 2.31. The maximum absolute atomic E-state index is 4.22. The van der Waals surface area contributed by atoms with Crippen LogP contribution in [0.1, 0.15) is 31.2 Å². The SMILES string of the molecule is Cc1cnccc1N(CC1CCNCC1)C1CC1. The summed E-state index contributed by atoms with van der Waals surface area (Å²) in [4.78, 5) is 6.86. The molecule has 0 amide bonds. The largest absolute Gasteiger partial charge is 0.368 e. The Bertz CT molecular complexity index is 394. The molecule has 3 nitrogen and oxygen atoms in total. The van der Waals surface area contributed by atoms with Crippen LogP contribution in [0.3, 0.4) is 0 Å². The lowest BCUT2D eigenvalue weighted by atomic mass is 9.97. The normalized spacial score (nSPS) is 20.9. The molecule has 0 aromatic carbocycles. The molecule has 0 bridgehead atoms. The highest BCUT2D eigenvalue weighted by molar-refractivity contribution is 5.53. The van der Waals surface area contributed by atoms with Crippen LogP contribution >= 0.6 is 0 Å². The molecule has 3 heteroatoms. The van der Waals surface area contributed by atoms with Gasteiger partial charge in [-0.2, -0.15) is 0 Å². The Kier molecular flexibility index (Phi) is 3.50. The van der Waals surface area contributed by atoms with Gasteiger partial charge in [-0.3, -0.25) is 4.98 Å². The number of aryl methyl sites for hydroxylation is 1. The lowest BCUT2D eigenvalue weighted by Gasteiger charge is -2.32. The maximum atomic E-state index is 4.22. The predicted molar refractivity (Wildman–Crippen MR) is 74.9 cm³/mol. The van der Waals surface area contributed by atoms with Gasteiger partial charge in [0.1, 0.15) is 0 Å². The second kappa shape index (κ2) is 5.27. The summed E-state index contributed by atoms with van der Waals surface area (Å²) in [6.45, 7) is 5.80. The van der Waals surface area contributed by atoms with Crippen molar-refractivity contribution in [2.75, 3.05) is 24.5 Å². The Morgan fingerprint density at radius 1 is 1.28 bits per heavy atom. The third kappa shape index (κ3) is 2.66. The van der Waals surface area contributed by atoms with Gasteiger partial charge in [-0.05, 0) is 63.2 Å². The Labute approximate surface area is 110 Å². The molecule has 2 aliphatic rings. The van der Waals surface area contributed by atoms with Gasteiger partial charge in [-0.1, -0.05) is 0 Å². The quantitative estimate of drug-likeness (QED) is 0.882. The van der Waals surface area contributed by atoms with E-state index in [1.807, 2.05) is 12.4 Å². The molecule has 0 spiro atoms. The summed E-state index contributed by atoms with van der Waals surface area (Å²) in [7, 11) is 0. The minimum Gasteiger partial charge on any atom is -0.368 e. The first kappa shape index (κ1) is 12.0. The van der Waals surface area contributed by atoms with Crippen molar-refractivity contribution in [1.82, 2.24) is 10.3 Å². The number of rotatable bonds is 4. The molecule has 0 radical (unpaired) electrons. The van der Waals surface area contributed by atoms with Gasteiger partial charge in [-0.25, -0.2) is 0 Å². The Hall–Kier alpha value is -1.09. The highest BCUT2D eigenvalue weighted by Crippen LogP contribution is 2.34. The van der Waals surface area contributed by atoms with Gasteiger partial charge in [0.15, 0.2) is 0 Å². The number of aromatic nitrogens is 1. The van der Waals surface area contributed by atoms with E-state index >= 15 is 0 Å². The Morgan fingerprint density at radius 2 is 2.06 bits per heavy atom. The van der Waals surface area contributed by atoms with Gasteiger partial charge in [-0.15, -0.1) is 0 Å². The van der Waals surface area contributed by atoms with E-state index < -0.39 is 0 Å². The van der Waals surface area contributed by atoms with Gasteiger partial charge in [0.25, 0.3) is 0 Å². The Balaban J connectivity index is 1.73. The number of piperidine rings is 1. The Morgan fingerprint density at radius 3 is 2.72 bits per heavy atom. The van der Waals surface area contributed by atoms with Crippen LogP contribution in [0, 0.1) is 12.8 Å². The van der Waals surface area contributed by atoms with E-state index in [1.165, 1.54) is 56.6 Å². The van der Waals surface area contributed by atoms with E-state index in [0.29, 0.717) is 0 Å². The number of nitrogens with zero attached hydrogens (tertiary/aromatic N) is 2. The molecule has 18 heavy (non-hydrogen) atoms. The van der Waals surface area contributed by atoms with E-state index in [2.05, 4.69) is 28.2 Å². The zero-order chi connectivity index (χ0) is 12.4. The van der Waals surface area contributed by atoms with Crippen LogP contribution in [-0.2, 0) is 0 Å². The molecular formula is C15H23N3. The van der Waals surface area contributed by atoms with Crippen molar-refractivity contribution < 1.29 is 0 Å². The average molecular weight is 245 g/mol. The number of anilines is 1. The van der Waals surface area contributed by atoms with Crippen molar-refractivity contribution in [1.29, 1.82) is 0 Å². The molecule has 1 saturated carbocycles. The van der Waals surface area contributed by atoms with Gasteiger partial charge in [0.05, 0.1) is 0 Å². The van der Waals surface area contributed by atoms with Crippen molar-refractivity contribution in [3.05, 3.63) is 24.0 Å². The molecular weight excluding hydrogens is 222 g/mol. The van der Waals surface area contributed by atoms with E-state index in [-0.39, 0.29) is 0 Å². The monoisotopic (exact) mass is 245 g/mol.